The van der Waals surface area contributed by atoms with Crippen molar-refractivity contribution in [2.75, 3.05) is 10.6 Å². The van der Waals surface area contributed by atoms with Gasteiger partial charge < -0.3 is 20.4 Å². The number of amides is 2. The second-order valence-corrected chi connectivity index (χ2v) is 7.68. The summed E-state index contributed by atoms with van der Waals surface area (Å²) in [4.78, 5) is 44.0. The highest BCUT2D eigenvalue weighted by Crippen LogP contribution is 2.34. The standard InChI is InChI=1S/C25H16F2N4O4/c26-14-3-1-13(2-4-14)17-11-28-12-18(23(17)33)25(34)30-15-5-6-21(19(27)9-15)35-20-7-8-29-24-16(20)10-22(32)31-24/h1-9,11-12H,10H2,(H,28,33)(H,30,34)(H,29,31,32). The number of nitrogens with zero attached hydrogens (tertiary/aromatic N) is 1. The molecule has 2 amide bonds. The van der Waals surface area contributed by atoms with Crippen molar-refractivity contribution < 1.29 is 23.1 Å². The second-order valence-electron chi connectivity index (χ2n) is 7.68. The van der Waals surface area contributed by atoms with Crippen molar-refractivity contribution in [2.45, 2.75) is 6.42 Å². The molecule has 0 radical (unpaired) electrons. The van der Waals surface area contributed by atoms with Gasteiger partial charge in [0, 0.05) is 41.5 Å². The molecule has 8 nitrogen and oxygen atoms in total. The minimum absolute atomic E-state index is 0.0692. The third kappa shape index (κ3) is 4.36. The van der Waals surface area contributed by atoms with E-state index in [0.717, 1.165) is 6.07 Å². The fourth-order valence-electron chi connectivity index (χ4n) is 3.66. The minimum atomic E-state index is -0.764. The Morgan fingerprint density at radius 2 is 1.80 bits per heavy atom. The van der Waals surface area contributed by atoms with Crippen molar-refractivity contribution in [3.05, 3.63) is 100 Å². The maximum atomic E-state index is 14.7. The molecule has 10 heteroatoms. The van der Waals surface area contributed by atoms with Gasteiger partial charge in [0.2, 0.25) is 11.3 Å². The minimum Gasteiger partial charge on any atom is -0.454 e. The lowest BCUT2D eigenvalue weighted by Crippen LogP contribution is -2.22. The number of hydrogen-bond acceptors (Lipinski definition) is 5. The molecule has 0 bridgehead atoms. The summed E-state index contributed by atoms with van der Waals surface area (Å²) in [6, 6.07) is 10.6. The first-order valence-corrected chi connectivity index (χ1v) is 10.4. The fraction of sp³-hybridized carbons (Fsp3) is 0.0400. The Balaban J connectivity index is 1.35. The van der Waals surface area contributed by atoms with Crippen LogP contribution in [0.15, 0.2) is 71.9 Å². The molecule has 0 aliphatic carbocycles. The SMILES string of the molecule is O=C1Cc2c(Oc3ccc(NC(=O)c4c[nH]cc(-c5ccc(F)cc5)c4=O)cc3F)ccnc2N1. The van der Waals surface area contributed by atoms with Gasteiger partial charge >= 0.3 is 0 Å². The average Bonchev–Trinajstić information content (AvgIpc) is 3.23. The molecule has 35 heavy (non-hydrogen) atoms. The first-order chi connectivity index (χ1) is 16.9. The van der Waals surface area contributed by atoms with Crippen LogP contribution in [0, 0.1) is 11.6 Å². The van der Waals surface area contributed by atoms with Gasteiger partial charge in [-0.2, -0.15) is 0 Å². The van der Waals surface area contributed by atoms with Gasteiger partial charge in [-0.1, -0.05) is 12.1 Å². The second kappa shape index (κ2) is 8.82. The Hall–Kier alpha value is -4.86. The summed E-state index contributed by atoms with van der Waals surface area (Å²) in [7, 11) is 0. The van der Waals surface area contributed by atoms with Crippen molar-refractivity contribution in [1.29, 1.82) is 0 Å². The molecule has 0 saturated heterocycles. The number of fused-ring (bicyclic) bond motifs is 1. The quantitative estimate of drug-likeness (QED) is 0.400. The van der Waals surface area contributed by atoms with Crippen LogP contribution in [-0.4, -0.2) is 21.8 Å². The summed E-state index contributed by atoms with van der Waals surface area (Å²) in [6.07, 6.45) is 4.15. The normalized spacial score (nSPS) is 12.1. The topological polar surface area (TPSA) is 113 Å². The maximum absolute atomic E-state index is 14.7. The molecule has 3 heterocycles. The molecule has 174 valence electrons. The number of pyridine rings is 2. The van der Waals surface area contributed by atoms with Crippen LogP contribution in [0.25, 0.3) is 11.1 Å². The molecule has 1 aliphatic heterocycles. The van der Waals surface area contributed by atoms with E-state index in [9.17, 15) is 23.2 Å². The zero-order valence-electron chi connectivity index (χ0n) is 17.9. The molecule has 4 aromatic rings. The van der Waals surface area contributed by atoms with Crippen molar-refractivity contribution in [2.24, 2.45) is 0 Å². The summed E-state index contributed by atoms with van der Waals surface area (Å²) in [6.45, 7) is 0. The van der Waals surface area contributed by atoms with Crippen molar-refractivity contribution in [3.8, 4) is 22.6 Å². The lowest BCUT2D eigenvalue weighted by atomic mass is 10.0. The Morgan fingerprint density at radius 1 is 1.00 bits per heavy atom. The molecular formula is C25H16F2N4O4. The highest BCUT2D eigenvalue weighted by Gasteiger charge is 2.24. The Kier molecular flexibility index (Phi) is 5.54. The maximum Gasteiger partial charge on any atom is 0.261 e. The Bertz CT molecular complexity index is 1530. The fourth-order valence-corrected chi connectivity index (χ4v) is 3.66. The van der Waals surface area contributed by atoms with E-state index in [-0.39, 0.29) is 40.6 Å². The number of carbonyl (C=O) groups is 2. The Labute approximate surface area is 196 Å². The van der Waals surface area contributed by atoms with Crippen LogP contribution in [0.1, 0.15) is 15.9 Å². The number of halogens is 2. The summed E-state index contributed by atoms with van der Waals surface area (Å²) in [5.74, 6) is -1.67. The monoisotopic (exact) mass is 474 g/mol. The van der Waals surface area contributed by atoms with Gasteiger partial charge in [0.05, 0.1) is 6.42 Å². The van der Waals surface area contributed by atoms with Crippen LogP contribution in [0.2, 0.25) is 0 Å². The average molecular weight is 474 g/mol. The molecule has 0 unspecified atom stereocenters. The number of ether oxygens (including phenoxy) is 1. The van der Waals surface area contributed by atoms with Gasteiger partial charge in [-0.3, -0.25) is 14.4 Å². The molecule has 2 aromatic heterocycles. The van der Waals surface area contributed by atoms with Crippen molar-refractivity contribution in [1.82, 2.24) is 9.97 Å². The lowest BCUT2D eigenvalue weighted by Gasteiger charge is -2.11. The molecule has 3 N–H and O–H groups in total. The zero-order valence-corrected chi connectivity index (χ0v) is 17.9. The molecule has 0 spiro atoms. The number of H-pyrrole nitrogens is 1. The van der Waals surface area contributed by atoms with Gasteiger partial charge in [-0.05, 0) is 35.9 Å². The van der Waals surface area contributed by atoms with E-state index < -0.39 is 23.0 Å². The number of nitrogens with one attached hydrogen (secondary N) is 3. The summed E-state index contributed by atoms with van der Waals surface area (Å²) < 4.78 is 33.6. The molecule has 5 rings (SSSR count). The number of anilines is 2. The van der Waals surface area contributed by atoms with Crippen LogP contribution in [-0.2, 0) is 11.2 Å². The van der Waals surface area contributed by atoms with Gasteiger partial charge in [-0.15, -0.1) is 0 Å². The van der Waals surface area contributed by atoms with E-state index in [1.807, 2.05) is 0 Å². The third-order valence-electron chi connectivity index (χ3n) is 5.36. The summed E-state index contributed by atoms with van der Waals surface area (Å²) >= 11 is 0. The highest BCUT2D eigenvalue weighted by molar-refractivity contribution is 6.04. The molecule has 0 saturated carbocycles. The molecule has 1 aliphatic rings. The van der Waals surface area contributed by atoms with E-state index in [2.05, 4.69) is 20.6 Å². The number of carbonyl (C=O) groups excluding carboxylic acids is 2. The third-order valence-corrected chi connectivity index (χ3v) is 5.36. The van der Waals surface area contributed by atoms with E-state index in [0.29, 0.717) is 16.9 Å². The summed E-state index contributed by atoms with van der Waals surface area (Å²) in [5, 5.41) is 5.08. The van der Waals surface area contributed by atoms with Crippen LogP contribution in [0.3, 0.4) is 0 Å². The first-order valence-electron chi connectivity index (χ1n) is 10.4. The molecule has 0 fully saturated rings. The number of aromatic amines is 1. The number of aromatic nitrogens is 2. The first kappa shape index (κ1) is 22.0. The van der Waals surface area contributed by atoms with E-state index in [4.69, 9.17) is 4.74 Å². The van der Waals surface area contributed by atoms with Crippen LogP contribution < -0.4 is 20.8 Å². The Morgan fingerprint density at radius 3 is 2.57 bits per heavy atom. The van der Waals surface area contributed by atoms with Crippen molar-refractivity contribution >= 4 is 23.3 Å². The molecular weight excluding hydrogens is 458 g/mol. The van der Waals surface area contributed by atoms with E-state index >= 15 is 0 Å². The van der Waals surface area contributed by atoms with Crippen LogP contribution in [0.5, 0.6) is 11.5 Å². The van der Waals surface area contributed by atoms with E-state index in [1.165, 1.54) is 61.1 Å². The number of benzene rings is 2. The number of rotatable bonds is 5. The van der Waals surface area contributed by atoms with E-state index in [1.54, 1.807) is 0 Å². The zero-order chi connectivity index (χ0) is 24.5. The molecule has 2 aromatic carbocycles. The van der Waals surface area contributed by atoms with Gasteiger partial charge in [0.1, 0.15) is 22.9 Å². The van der Waals surface area contributed by atoms with Crippen LogP contribution in [0.4, 0.5) is 20.3 Å². The van der Waals surface area contributed by atoms with Crippen molar-refractivity contribution in [3.63, 3.8) is 0 Å². The van der Waals surface area contributed by atoms with Crippen LogP contribution >= 0.6 is 0 Å². The largest absolute Gasteiger partial charge is 0.454 e. The van der Waals surface area contributed by atoms with Gasteiger partial charge in [0.15, 0.2) is 11.6 Å². The highest BCUT2D eigenvalue weighted by atomic mass is 19.1. The van der Waals surface area contributed by atoms with Gasteiger partial charge in [0.25, 0.3) is 5.91 Å². The molecule has 0 atom stereocenters. The van der Waals surface area contributed by atoms with Gasteiger partial charge in [-0.25, -0.2) is 13.8 Å². The predicted octanol–water partition coefficient (Wildman–Crippen LogP) is 4.25. The number of hydrogen-bond donors (Lipinski definition) is 3. The lowest BCUT2D eigenvalue weighted by molar-refractivity contribution is -0.115. The summed E-state index contributed by atoms with van der Waals surface area (Å²) in [5.41, 5.74) is 0.484. The smallest absolute Gasteiger partial charge is 0.261 e. The predicted molar refractivity (Wildman–Crippen MR) is 123 cm³/mol.